The molecule has 112 valence electrons. The Hall–Kier alpha value is -1.33. The van der Waals surface area contributed by atoms with Gasteiger partial charge in [0.05, 0.1) is 6.07 Å². The molecule has 0 heterocycles. The highest BCUT2D eigenvalue weighted by atomic mass is 15.0. The van der Waals surface area contributed by atoms with Gasteiger partial charge in [0.15, 0.2) is 0 Å². The zero-order chi connectivity index (χ0) is 14.5. The van der Waals surface area contributed by atoms with E-state index < -0.39 is 5.54 Å². The molecule has 0 amide bonds. The second-order valence-electron chi connectivity index (χ2n) is 6.71. The lowest BCUT2D eigenvalue weighted by Crippen LogP contribution is -2.47. The van der Waals surface area contributed by atoms with Crippen molar-refractivity contribution in [1.29, 1.82) is 5.26 Å². The highest BCUT2D eigenvalue weighted by Gasteiger charge is 2.37. The van der Waals surface area contributed by atoms with E-state index >= 15 is 0 Å². The average Bonchev–Trinajstić information content (AvgIpc) is 2.88. The molecule has 2 nitrogen and oxygen atoms in total. The normalized spacial score (nSPS) is 27.2. The molecule has 1 aromatic carbocycles. The van der Waals surface area contributed by atoms with Crippen LogP contribution in [0.1, 0.15) is 68.9 Å². The summed E-state index contributed by atoms with van der Waals surface area (Å²) in [6.45, 7) is 0. The number of rotatable bonds is 2. The van der Waals surface area contributed by atoms with E-state index in [0.717, 1.165) is 19.3 Å². The number of fused-ring (bicyclic) bond motifs is 1. The fourth-order valence-electron chi connectivity index (χ4n) is 4.07. The largest absolute Gasteiger partial charge is 0.293 e. The molecule has 0 aliphatic heterocycles. The number of hydrogen-bond acceptors (Lipinski definition) is 2. The highest BCUT2D eigenvalue weighted by Crippen LogP contribution is 2.35. The number of benzene rings is 1. The summed E-state index contributed by atoms with van der Waals surface area (Å²) >= 11 is 0. The molecule has 1 aromatic rings. The lowest BCUT2D eigenvalue weighted by molar-refractivity contribution is 0.316. The van der Waals surface area contributed by atoms with E-state index in [2.05, 4.69) is 35.7 Å². The Balaban J connectivity index is 1.90. The molecule has 1 fully saturated rings. The molecular weight excluding hydrogens is 256 g/mol. The van der Waals surface area contributed by atoms with Gasteiger partial charge in [-0.2, -0.15) is 5.26 Å². The van der Waals surface area contributed by atoms with Crippen molar-refractivity contribution in [3.05, 3.63) is 35.4 Å². The number of aryl methyl sites for hydroxylation is 1. The van der Waals surface area contributed by atoms with E-state index in [1.165, 1.54) is 56.1 Å². The Kier molecular flexibility index (Phi) is 4.60. The van der Waals surface area contributed by atoms with E-state index in [-0.39, 0.29) is 0 Å². The summed E-state index contributed by atoms with van der Waals surface area (Å²) in [6.07, 6.45) is 12.2. The molecule has 21 heavy (non-hydrogen) atoms. The Morgan fingerprint density at radius 1 is 1.00 bits per heavy atom. The van der Waals surface area contributed by atoms with Gasteiger partial charge < -0.3 is 0 Å². The molecule has 0 spiro atoms. The second kappa shape index (κ2) is 6.62. The molecule has 1 saturated carbocycles. The summed E-state index contributed by atoms with van der Waals surface area (Å²) in [7, 11) is 0. The SMILES string of the molecule is N#CC1(NC2CCCCCC2)CCCCc2ccccc21. The van der Waals surface area contributed by atoms with Crippen molar-refractivity contribution in [2.24, 2.45) is 0 Å². The molecule has 2 aliphatic carbocycles. The van der Waals surface area contributed by atoms with Gasteiger partial charge in [-0.05, 0) is 49.7 Å². The molecular formula is C19H26N2. The van der Waals surface area contributed by atoms with Gasteiger partial charge in [0.25, 0.3) is 0 Å². The maximum absolute atomic E-state index is 10.0. The van der Waals surface area contributed by atoms with Crippen molar-refractivity contribution < 1.29 is 0 Å². The van der Waals surface area contributed by atoms with E-state index in [1.54, 1.807) is 0 Å². The van der Waals surface area contributed by atoms with Crippen molar-refractivity contribution in [3.63, 3.8) is 0 Å². The number of nitrogens with one attached hydrogen (secondary N) is 1. The molecule has 1 atom stereocenters. The molecule has 3 rings (SSSR count). The zero-order valence-corrected chi connectivity index (χ0v) is 12.9. The first-order valence-electron chi connectivity index (χ1n) is 8.61. The van der Waals surface area contributed by atoms with Crippen LogP contribution in [0.2, 0.25) is 0 Å². The molecule has 2 aliphatic rings. The van der Waals surface area contributed by atoms with Crippen LogP contribution in [-0.2, 0) is 12.0 Å². The van der Waals surface area contributed by atoms with Crippen LogP contribution in [-0.4, -0.2) is 6.04 Å². The minimum absolute atomic E-state index is 0.456. The van der Waals surface area contributed by atoms with Crippen LogP contribution in [0.15, 0.2) is 24.3 Å². The minimum atomic E-state index is -0.456. The van der Waals surface area contributed by atoms with E-state index in [1.807, 2.05) is 0 Å². The topological polar surface area (TPSA) is 35.8 Å². The Bertz CT molecular complexity index is 509. The average molecular weight is 282 g/mol. The van der Waals surface area contributed by atoms with Gasteiger partial charge in [0, 0.05) is 6.04 Å². The van der Waals surface area contributed by atoms with Crippen LogP contribution in [0.3, 0.4) is 0 Å². The number of nitrogens with zero attached hydrogens (tertiary/aromatic N) is 1. The van der Waals surface area contributed by atoms with Gasteiger partial charge in [0.1, 0.15) is 5.54 Å². The van der Waals surface area contributed by atoms with E-state index in [4.69, 9.17) is 0 Å². The number of hydrogen-bond donors (Lipinski definition) is 1. The lowest BCUT2D eigenvalue weighted by Gasteiger charge is -2.33. The summed E-state index contributed by atoms with van der Waals surface area (Å²) in [5.74, 6) is 0. The first-order chi connectivity index (χ1) is 10.3. The second-order valence-corrected chi connectivity index (χ2v) is 6.71. The first kappa shape index (κ1) is 14.6. The monoisotopic (exact) mass is 282 g/mol. The van der Waals surface area contributed by atoms with Gasteiger partial charge in [0.2, 0.25) is 0 Å². The van der Waals surface area contributed by atoms with Crippen LogP contribution in [0.4, 0.5) is 0 Å². The predicted octanol–water partition coefficient (Wildman–Crippen LogP) is 4.44. The summed E-state index contributed by atoms with van der Waals surface area (Å²) in [5.41, 5.74) is 2.16. The first-order valence-corrected chi connectivity index (χ1v) is 8.61. The van der Waals surface area contributed by atoms with Crippen LogP contribution >= 0.6 is 0 Å². The third-order valence-electron chi connectivity index (χ3n) is 5.22. The fraction of sp³-hybridized carbons (Fsp3) is 0.632. The van der Waals surface area contributed by atoms with Crippen LogP contribution < -0.4 is 5.32 Å². The van der Waals surface area contributed by atoms with Crippen LogP contribution in [0.5, 0.6) is 0 Å². The van der Waals surface area contributed by atoms with Gasteiger partial charge in [-0.25, -0.2) is 0 Å². The standard InChI is InChI=1S/C19H26N2/c20-15-19(21-17-11-3-1-2-4-12-17)14-8-7-10-16-9-5-6-13-18(16)19/h5-6,9,13,17,21H,1-4,7-8,10-12,14H2. The summed E-state index contributed by atoms with van der Waals surface area (Å²) in [6, 6.07) is 11.8. The maximum atomic E-state index is 10.0. The molecule has 0 radical (unpaired) electrons. The van der Waals surface area contributed by atoms with Crippen LogP contribution in [0.25, 0.3) is 0 Å². The van der Waals surface area contributed by atoms with Crippen molar-refractivity contribution in [2.75, 3.05) is 0 Å². The smallest absolute Gasteiger partial charge is 0.132 e. The van der Waals surface area contributed by atoms with Crippen molar-refractivity contribution >= 4 is 0 Å². The molecule has 0 aromatic heterocycles. The molecule has 1 unspecified atom stereocenters. The summed E-state index contributed by atoms with van der Waals surface area (Å²) in [4.78, 5) is 0. The van der Waals surface area contributed by atoms with Crippen molar-refractivity contribution in [1.82, 2.24) is 5.32 Å². The lowest BCUT2D eigenvalue weighted by atomic mass is 9.84. The van der Waals surface area contributed by atoms with Gasteiger partial charge in [-0.15, -0.1) is 0 Å². The summed E-state index contributed by atoms with van der Waals surface area (Å²) < 4.78 is 0. The quantitative estimate of drug-likeness (QED) is 0.643. The van der Waals surface area contributed by atoms with Crippen LogP contribution in [0, 0.1) is 11.3 Å². The zero-order valence-electron chi connectivity index (χ0n) is 12.9. The van der Waals surface area contributed by atoms with Crippen molar-refractivity contribution in [2.45, 2.75) is 75.8 Å². The van der Waals surface area contributed by atoms with Gasteiger partial charge in [-0.3, -0.25) is 5.32 Å². The van der Waals surface area contributed by atoms with E-state index in [0.29, 0.717) is 6.04 Å². The predicted molar refractivity (Wildman–Crippen MR) is 85.9 cm³/mol. The molecule has 0 bridgehead atoms. The third-order valence-corrected chi connectivity index (χ3v) is 5.22. The van der Waals surface area contributed by atoms with E-state index in [9.17, 15) is 5.26 Å². The molecule has 1 N–H and O–H groups in total. The van der Waals surface area contributed by atoms with Crippen molar-refractivity contribution in [3.8, 4) is 6.07 Å². The van der Waals surface area contributed by atoms with Gasteiger partial charge in [-0.1, -0.05) is 49.9 Å². The Labute approximate surface area is 128 Å². The minimum Gasteiger partial charge on any atom is -0.293 e. The third kappa shape index (κ3) is 3.14. The number of nitriles is 1. The Morgan fingerprint density at radius 3 is 2.52 bits per heavy atom. The maximum Gasteiger partial charge on any atom is 0.132 e. The fourth-order valence-corrected chi connectivity index (χ4v) is 4.07. The molecule has 0 saturated heterocycles. The Morgan fingerprint density at radius 2 is 1.76 bits per heavy atom. The summed E-state index contributed by atoms with van der Waals surface area (Å²) in [5, 5.41) is 13.8. The highest BCUT2D eigenvalue weighted by molar-refractivity contribution is 5.39. The van der Waals surface area contributed by atoms with Gasteiger partial charge >= 0.3 is 0 Å². The molecule has 2 heteroatoms.